The molecule has 1 aliphatic heterocycles. The number of carbonyl (C=O) groups is 1. The van der Waals surface area contributed by atoms with Gasteiger partial charge in [0.1, 0.15) is 5.78 Å². The molecule has 0 radical (unpaired) electrons. The third-order valence-corrected chi connectivity index (χ3v) is 10.9. The van der Waals surface area contributed by atoms with Crippen molar-refractivity contribution in [1.82, 2.24) is 9.80 Å². The number of hydrogen-bond donors (Lipinski definition) is 1. The molecule has 5 nitrogen and oxygen atoms in total. The molecule has 5 aliphatic rings. The molecule has 182 valence electrons. The van der Waals surface area contributed by atoms with Crippen molar-refractivity contribution in [1.29, 1.82) is 0 Å². The van der Waals surface area contributed by atoms with Gasteiger partial charge in [-0.25, -0.2) is 0 Å². The van der Waals surface area contributed by atoms with Crippen molar-refractivity contribution in [2.45, 2.75) is 83.8 Å². The molecule has 1 heterocycles. The molecule has 4 saturated carbocycles. The van der Waals surface area contributed by atoms with Crippen LogP contribution in [0.25, 0.3) is 0 Å². The van der Waals surface area contributed by atoms with Gasteiger partial charge in [-0.3, -0.25) is 9.69 Å². The number of rotatable bonds is 5. The summed E-state index contributed by atoms with van der Waals surface area (Å²) in [5.74, 6) is 3.52. The molecule has 8 atom stereocenters. The predicted molar refractivity (Wildman–Crippen MR) is 126 cm³/mol. The van der Waals surface area contributed by atoms with E-state index in [1.165, 1.54) is 32.1 Å². The maximum Gasteiger partial charge on any atom is 0.139 e. The number of aliphatic hydroxyl groups is 1. The normalized spacial score (nSPS) is 46.4. The summed E-state index contributed by atoms with van der Waals surface area (Å²) in [5.41, 5.74) is 0.415. The van der Waals surface area contributed by atoms with Crippen LogP contribution in [-0.2, 0) is 9.53 Å². The van der Waals surface area contributed by atoms with Crippen LogP contribution in [-0.4, -0.2) is 79.3 Å². The van der Waals surface area contributed by atoms with E-state index in [0.717, 1.165) is 76.2 Å². The number of piperazine rings is 1. The summed E-state index contributed by atoms with van der Waals surface area (Å²) in [7, 11) is 2.17. The Balaban J connectivity index is 1.14. The molecule has 0 aromatic rings. The van der Waals surface area contributed by atoms with Gasteiger partial charge in [0.05, 0.1) is 18.8 Å². The second-order valence-electron chi connectivity index (χ2n) is 12.6. The van der Waals surface area contributed by atoms with Crippen LogP contribution in [0.5, 0.6) is 0 Å². The molecule has 5 fully saturated rings. The molecule has 32 heavy (non-hydrogen) atoms. The van der Waals surface area contributed by atoms with E-state index in [1.54, 1.807) is 0 Å². The standard InChI is InChI=1S/C27H46N2O3/c1-26-10-8-21(32-18-20(30)17-29-14-12-28(3)13-15-29)16-19(26)4-5-22-23-6-7-25(31)27(23,2)11-9-24(22)26/h19-24,30H,4-18H2,1-3H3/t19-,20-,21-,22-,23-,24-,26-,27-/m0/s1. The number of nitrogens with zero attached hydrogens (tertiary/aromatic N) is 2. The Kier molecular flexibility index (Phi) is 6.50. The van der Waals surface area contributed by atoms with Crippen LogP contribution in [0.3, 0.4) is 0 Å². The van der Waals surface area contributed by atoms with E-state index in [4.69, 9.17) is 4.74 Å². The van der Waals surface area contributed by atoms with Crippen LogP contribution in [0.2, 0.25) is 0 Å². The van der Waals surface area contributed by atoms with Crippen LogP contribution in [0.15, 0.2) is 0 Å². The van der Waals surface area contributed by atoms with Gasteiger partial charge >= 0.3 is 0 Å². The van der Waals surface area contributed by atoms with Crippen LogP contribution in [0, 0.1) is 34.5 Å². The Labute approximate surface area is 195 Å². The molecule has 0 aromatic carbocycles. The minimum atomic E-state index is -0.377. The molecule has 1 saturated heterocycles. The Morgan fingerprint density at radius 2 is 1.81 bits per heavy atom. The maximum absolute atomic E-state index is 12.6. The molecule has 0 unspecified atom stereocenters. The first kappa shape index (κ1) is 23.3. The van der Waals surface area contributed by atoms with Gasteiger partial charge < -0.3 is 14.7 Å². The average Bonchev–Trinajstić information content (AvgIpc) is 3.08. The average molecular weight is 447 g/mol. The fourth-order valence-electron chi connectivity index (χ4n) is 8.77. The van der Waals surface area contributed by atoms with Gasteiger partial charge in [0.25, 0.3) is 0 Å². The molecule has 0 bridgehead atoms. The number of Topliss-reactive ketones (excluding diaryl/α,β-unsaturated/α-hetero) is 1. The van der Waals surface area contributed by atoms with Gasteiger partial charge in [-0.15, -0.1) is 0 Å². The van der Waals surface area contributed by atoms with Gasteiger partial charge in [0.15, 0.2) is 0 Å². The zero-order chi connectivity index (χ0) is 22.5. The molecule has 0 amide bonds. The Morgan fingerprint density at radius 1 is 1.03 bits per heavy atom. The van der Waals surface area contributed by atoms with E-state index in [1.807, 2.05) is 0 Å². The largest absolute Gasteiger partial charge is 0.389 e. The van der Waals surface area contributed by atoms with Gasteiger partial charge in [-0.1, -0.05) is 13.8 Å². The van der Waals surface area contributed by atoms with Crippen molar-refractivity contribution in [2.24, 2.45) is 34.5 Å². The summed E-state index contributed by atoms with van der Waals surface area (Å²) in [6.07, 6.45) is 10.5. The number of β-amino-alcohol motifs (C(OH)–C–C–N with tert-alkyl or cyclic N) is 1. The highest BCUT2D eigenvalue weighted by Crippen LogP contribution is 2.65. The molecule has 1 N–H and O–H groups in total. The molecule has 5 rings (SSSR count). The number of fused-ring (bicyclic) bond motifs is 5. The first-order chi connectivity index (χ1) is 15.3. The lowest BCUT2D eigenvalue weighted by molar-refractivity contribution is -0.147. The Hall–Kier alpha value is -0.490. The van der Waals surface area contributed by atoms with Gasteiger partial charge in [-0.05, 0) is 87.5 Å². The quantitative estimate of drug-likeness (QED) is 0.699. The number of carbonyl (C=O) groups excluding carboxylic acids is 1. The summed E-state index contributed by atoms with van der Waals surface area (Å²) in [6.45, 7) is 10.4. The van der Waals surface area contributed by atoms with E-state index in [2.05, 4.69) is 30.7 Å². The van der Waals surface area contributed by atoms with Crippen LogP contribution < -0.4 is 0 Å². The molecular weight excluding hydrogens is 400 g/mol. The topological polar surface area (TPSA) is 53.0 Å². The SMILES string of the molecule is CN1CCN(C[C@H](O)CO[C@H]2CC[C@@]3(C)[C@@H](CC[C@@H]4[C@@H]3CC[C@]3(C)C(=O)CC[C@@H]43)C2)CC1. The van der Waals surface area contributed by atoms with Gasteiger partial charge in [-0.2, -0.15) is 0 Å². The number of aliphatic hydroxyl groups excluding tert-OH is 1. The summed E-state index contributed by atoms with van der Waals surface area (Å²) >= 11 is 0. The molecule has 0 aromatic heterocycles. The number of ether oxygens (including phenoxy) is 1. The van der Waals surface area contributed by atoms with E-state index in [0.29, 0.717) is 29.8 Å². The Bertz CT molecular complexity index is 692. The highest BCUT2D eigenvalue weighted by molar-refractivity contribution is 5.87. The second-order valence-corrected chi connectivity index (χ2v) is 12.6. The first-order valence-electron chi connectivity index (χ1n) is 13.5. The minimum absolute atomic E-state index is 0.00934. The third-order valence-electron chi connectivity index (χ3n) is 10.9. The second kappa shape index (κ2) is 8.94. The molecule has 5 heteroatoms. The lowest BCUT2D eigenvalue weighted by Crippen LogP contribution is -2.54. The van der Waals surface area contributed by atoms with Gasteiger partial charge in [0, 0.05) is 44.6 Å². The van der Waals surface area contributed by atoms with Crippen molar-refractivity contribution in [3.8, 4) is 0 Å². The van der Waals surface area contributed by atoms with E-state index >= 15 is 0 Å². The Morgan fingerprint density at radius 3 is 2.59 bits per heavy atom. The predicted octanol–water partition coefficient (Wildman–Crippen LogP) is 3.59. The monoisotopic (exact) mass is 446 g/mol. The van der Waals surface area contributed by atoms with Crippen LogP contribution in [0.4, 0.5) is 0 Å². The summed E-state index contributed by atoms with van der Waals surface area (Å²) in [6, 6.07) is 0. The first-order valence-corrected chi connectivity index (χ1v) is 13.5. The fraction of sp³-hybridized carbons (Fsp3) is 0.963. The smallest absolute Gasteiger partial charge is 0.139 e. The highest BCUT2D eigenvalue weighted by atomic mass is 16.5. The number of likely N-dealkylation sites (N-methyl/N-ethyl adjacent to an activating group) is 1. The van der Waals surface area contributed by atoms with Crippen LogP contribution in [0.1, 0.15) is 71.6 Å². The van der Waals surface area contributed by atoms with E-state index in [-0.39, 0.29) is 11.5 Å². The third kappa shape index (κ3) is 4.10. The fourth-order valence-corrected chi connectivity index (χ4v) is 8.77. The lowest BCUT2D eigenvalue weighted by atomic mass is 9.45. The zero-order valence-electron chi connectivity index (χ0n) is 20.7. The molecule has 4 aliphatic carbocycles. The summed E-state index contributed by atoms with van der Waals surface area (Å²) in [4.78, 5) is 17.4. The minimum Gasteiger partial charge on any atom is -0.389 e. The highest BCUT2D eigenvalue weighted by Gasteiger charge is 2.60. The van der Waals surface area contributed by atoms with E-state index < -0.39 is 0 Å². The summed E-state index contributed by atoms with van der Waals surface area (Å²) < 4.78 is 6.31. The molecule has 0 spiro atoms. The van der Waals surface area contributed by atoms with E-state index in [9.17, 15) is 9.90 Å². The van der Waals surface area contributed by atoms with Crippen molar-refractivity contribution < 1.29 is 14.6 Å². The van der Waals surface area contributed by atoms with Crippen LogP contribution >= 0.6 is 0 Å². The van der Waals surface area contributed by atoms with Crippen molar-refractivity contribution in [3.05, 3.63) is 0 Å². The van der Waals surface area contributed by atoms with Crippen molar-refractivity contribution in [3.63, 3.8) is 0 Å². The summed E-state index contributed by atoms with van der Waals surface area (Å²) in [5, 5.41) is 10.6. The number of hydrogen-bond acceptors (Lipinski definition) is 5. The van der Waals surface area contributed by atoms with Crippen molar-refractivity contribution >= 4 is 5.78 Å². The maximum atomic E-state index is 12.6. The van der Waals surface area contributed by atoms with Gasteiger partial charge in [0.2, 0.25) is 0 Å². The zero-order valence-corrected chi connectivity index (χ0v) is 20.7. The number of ketones is 1. The lowest BCUT2D eigenvalue weighted by Gasteiger charge is -2.60. The molecular formula is C27H46N2O3. The van der Waals surface area contributed by atoms with Crippen molar-refractivity contribution in [2.75, 3.05) is 46.4 Å².